The summed E-state index contributed by atoms with van der Waals surface area (Å²) in [6.45, 7) is 1.86. The number of benzene rings is 2. The average Bonchev–Trinajstić information content (AvgIpc) is 3.08. The fourth-order valence-electron chi connectivity index (χ4n) is 2.76. The number of aromatic amines is 1. The van der Waals surface area contributed by atoms with E-state index in [0.717, 1.165) is 22.0 Å². The predicted octanol–water partition coefficient (Wildman–Crippen LogP) is 2.76. The van der Waals surface area contributed by atoms with E-state index in [1.54, 1.807) is 6.07 Å². The molecule has 6 heteroatoms. The molecule has 0 unspecified atom stereocenters. The van der Waals surface area contributed by atoms with Gasteiger partial charge in [0.1, 0.15) is 5.75 Å². The topological polar surface area (TPSA) is 80.4 Å². The number of para-hydroxylation sites is 1. The molecule has 1 heterocycles. The van der Waals surface area contributed by atoms with Crippen LogP contribution in [0.4, 0.5) is 0 Å². The van der Waals surface area contributed by atoms with E-state index in [1.807, 2.05) is 55.6 Å². The molecular weight excluding hydrogens is 344 g/mol. The van der Waals surface area contributed by atoms with Crippen molar-refractivity contribution in [3.63, 3.8) is 0 Å². The first kappa shape index (κ1) is 18.5. The van der Waals surface area contributed by atoms with E-state index in [2.05, 4.69) is 10.3 Å². The molecule has 2 aromatic carbocycles. The highest BCUT2D eigenvalue weighted by Crippen LogP contribution is 2.17. The minimum absolute atomic E-state index is 0.230. The summed E-state index contributed by atoms with van der Waals surface area (Å²) >= 11 is 0. The smallest absolute Gasteiger partial charge is 0.344 e. The second kappa shape index (κ2) is 8.89. The van der Waals surface area contributed by atoms with Crippen molar-refractivity contribution in [1.82, 2.24) is 10.3 Å². The minimum atomic E-state index is -0.580. The van der Waals surface area contributed by atoms with Gasteiger partial charge in [0.25, 0.3) is 5.91 Å². The lowest BCUT2D eigenvalue weighted by atomic mass is 10.1. The Bertz CT molecular complexity index is 933. The Morgan fingerprint density at radius 3 is 2.78 bits per heavy atom. The van der Waals surface area contributed by atoms with Crippen LogP contribution in [-0.4, -0.2) is 36.6 Å². The normalized spacial score (nSPS) is 10.6. The summed E-state index contributed by atoms with van der Waals surface area (Å²) in [7, 11) is 0. The predicted molar refractivity (Wildman–Crippen MR) is 103 cm³/mol. The van der Waals surface area contributed by atoms with Gasteiger partial charge in [-0.15, -0.1) is 0 Å². The fourth-order valence-corrected chi connectivity index (χ4v) is 2.76. The van der Waals surface area contributed by atoms with E-state index < -0.39 is 5.97 Å². The summed E-state index contributed by atoms with van der Waals surface area (Å²) in [5.41, 5.74) is 3.24. The summed E-state index contributed by atoms with van der Waals surface area (Å²) in [5.74, 6) is -0.322. The molecule has 0 atom stereocenters. The molecular formula is C21H22N2O4. The molecule has 2 N–H and O–H groups in total. The SMILES string of the molecule is Cc1cccc(OCC(=O)OCC(=O)NCCc2c[nH]c3ccccc23)c1. The number of aryl methyl sites for hydroxylation is 1. The first-order valence-electron chi connectivity index (χ1n) is 8.78. The van der Waals surface area contributed by atoms with Crippen LogP contribution in [-0.2, 0) is 20.7 Å². The zero-order chi connectivity index (χ0) is 19.1. The van der Waals surface area contributed by atoms with Crippen molar-refractivity contribution in [3.05, 3.63) is 65.9 Å². The number of amides is 1. The summed E-state index contributed by atoms with van der Waals surface area (Å²) in [6, 6.07) is 15.4. The number of carbonyl (C=O) groups excluding carboxylic acids is 2. The standard InChI is InChI=1S/C21H22N2O4/c1-15-5-4-6-17(11-15)26-14-21(25)27-13-20(24)22-10-9-16-12-23-19-8-3-2-7-18(16)19/h2-8,11-12,23H,9-10,13-14H2,1H3,(H,22,24). The van der Waals surface area contributed by atoms with Gasteiger partial charge in [-0.25, -0.2) is 4.79 Å². The molecule has 0 saturated carbocycles. The third kappa shape index (κ3) is 5.34. The molecule has 0 radical (unpaired) electrons. The van der Waals surface area contributed by atoms with Crippen molar-refractivity contribution in [2.45, 2.75) is 13.3 Å². The van der Waals surface area contributed by atoms with E-state index in [1.165, 1.54) is 0 Å². The molecule has 1 amide bonds. The monoisotopic (exact) mass is 366 g/mol. The van der Waals surface area contributed by atoms with Gasteiger partial charge in [0.2, 0.25) is 0 Å². The van der Waals surface area contributed by atoms with Gasteiger partial charge in [-0.1, -0.05) is 30.3 Å². The van der Waals surface area contributed by atoms with Gasteiger partial charge in [0.15, 0.2) is 13.2 Å². The Morgan fingerprint density at radius 1 is 1.07 bits per heavy atom. The number of hydrogen-bond donors (Lipinski definition) is 2. The Hall–Kier alpha value is -3.28. The van der Waals surface area contributed by atoms with E-state index in [4.69, 9.17) is 9.47 Å². The van der Waals surface area contributed by atoms with Gasteiger partial charge < -0.3 is 19.8 Å². The zero-order valence-corrected chi connectivity index (χ0v) is 15.2. The molecule has 3 rings (SSSR count). The van der Waals surface area contributed by atoms with Gasteiger partial charge >= 0.3 is 5.97 Å². The number of H-pyrrole nitrogens is 1. The average molecular weight is 366 g/mol. The van der Waals surface area contributed by atoms with Crippen LogP contribution in [0.15, 0.2) is 54.7 Å². The van der Waals surface area contributed by atoms with Crippen LogP contribution >= 0.6 is 0 Å². The maximum atomic E-state index is 11.8. The number of aromatic nitrogens is 1. The van der Waals surface area contributed by atoms with Gasteiger partial charge in [-0.3, -0.25) is 4.79 Å². The Morgan fingerprint density at radius 2 is 1.93 bits per heavy atom. The van der Waals surface area contributed by atoms with Crippen molar-refractivity contribution in [2.24, 2.45) is 0 Å². The number of carbonyl (C=O) groups is 2. The minimum Gasteiger partial charge on any atom is -0.482 e. The number of nitrogens with one attached hydrogen (secondary N) is 2. The summed E-state index contributed by atoms with van der Waals surface area (Å²) in [4.78, 5) is 26.7. The molecule has 0 aliphatic rings. The molecule has 0 aliphatic carbocycles. The molecule has 140 valence electrons. The quantitative estimate of drug-likeness (QED) is 0.601. The van der Waals surface area contributed by atoms with E-state index in [0.29, 0.717) is 18.7 Å². The lowest BCUT2D eigenvalue weighted by Gasteiger charge is -2.08. The van der Waals surface area contributed by atoms with Crippen LogP contribution < -0.4 is 10.1 Å². The van der Waals surface area contributed by atoms with Crippen LogP contribution in [0.3, 0.4) is 0 Å². The van der Waals surface area contributed by atoms with Crippen LogP contribution in [0.5, 0.6) is 5.75 Å². The van der Waals surface area contributed by atoms with Crippen molar-refractivity contribution in [3.8, 4) is 5.75 Å². The van der Waals surface area contributed by atoms with Gasteiger partial charge in [-0.05, 0) is 42.7 Å². The van der Waals surface area contributed by atoms with Crippen LogP contribution in [0.1, 0.15) is 11.1 Å². The highest BCUT2D eigenvalue weighted by Gasteiger charge is 2.09. The number of rotatable bonds is 8. The summed E-state index contributed by atoms with van der Waals surface area (Å²) in [5, 5.41) is 3.90. The molecule has 3 aromatic rings. The molecule has 0 spiro atoms. The number of esters is 1. The van der Waals surface area contributed by atoms with Gasteiger partial charge in [0, 0.05) is 23.6 Å². The Balaban J connectivity index is 1.35. The summed E-state index contributed by atoms with van der Waals surface area (Å²) < 4.78 is 10.3. The van der Waals surface area contributed by atoms with Crippen LogP contribution in [0, 0.1) is 6.92 Å². The molecule has 27 heavy (non-hydrogen) atoms. The molecule has 0 fully saturated rings. The molecule has 0 aliphatic heterocycles. The second-order valence-electron chi connectivity index (χ2n) is 6.23. The van der Waals surface area contributed by atoms with Gasteiger partial charge in [-0.2, -0.15) is 0 Å². The van der Waals surface area contributed by atoms with E-state index in [-0.39, 0.29) is 19.1 Å². The number of ether oxygens (including phenoxy) is 2. The molecule has 0 saturated heterocycles. The van der Waals surface area contributed by atoms with Crippen molar-refractivity contribution in [2.75, 3.05) is 19.8 Å². The first-order chi connectivity index (χ1) is 13.1. The van der Waals surface area contributed by atoms with Crippen molar-refractivity contribution >= 4 is 22.8 Å². The third-order valence-electron chi connectivity index (χ3n) is 4.10. The van der Waals surface area contributed by atoms with E-state index >= 15 is 0 Å². The first-order valence-corrected chi connectivity index (χ1v) is 8.78. The largest absolute Gasteiger partial charge is 0.482 e. The number of fused-ring (bicyclic) bond motifs is 1. The lowest BCUT2D eigenvalue weighted by Crippen LogP contribution is -2.31. The fraction of sp³-hybridized carbons (Fsp3) is 0.238. The zero-order valence-electron chi connectivity index (χ0n) is 15.2. The maximum Gasteiger partial charge on any atom is 0.344 e. The highest BCUT2D eigenvalue weighted by molar-refractivity contribution is 5.83. The Labute approximate surface area is 157 Å². The second-order valence-corrected chi connectivity index (χ2v) is 6.23. The van der Waals surface area contributed by atoms with Crippen molar-refractivity contribution < 1.29 is 19.1 Å². The van der Waals surface area contributed by atoms with E-state index in [9.17, 15) is 9.59 Å². The highest BCUT2D eigenvalue weighted by atomic mass is 16.6. The lowest BCUT2D eigenvalue weighted by molar-refractivity contribution is -0.150. The summed E-state index contributed by atoms with van der Waals surface area (Å²) in [6.07, 6.45) is 2.64. The maximum absolute atomic E-state index is 11.8. The van der Waals surface area contributed by atoms with Crippen LogP contribution in [0.25, 0.3) is 10.9 Å². The van der Waals surface area contributed by atoms with Crippen molar-refractivity contribution in [1.29, 1.82) is 0 Å². The third-order valence-corrected chi connectivity index (χ3v) is 4.10. The van der Waals surface area contributed by atoms with Crippen LogP contribution in [0.2, 0.25) is 0 Å². The molecule has 6 nitrogen and oxygen atoms in total. The van der Waals surface area contributed by atoms with Gasteiger partial charge in [0.05, 0.1) is 0 Å². The molecule has 1 aromatic heterocycles. The number of hydrogen-bond acceptors (Lipinski definition) is 4. The molecule has 0 bridgehead atoms. The Kier molecular flexibility index (Phi) is 6.10.